The van der Waals surface area contributed by atoms with Crippen molar-refractivity contribution in [2.75, 3.05) is 13.2 Å². The fourth-order valence-corrected chi connectivity index (χ4v) is 10.1. The first-order valence-electron chi connectivity index (χ1n) is 31.3. The molecule has 0 aliphatic heterocycles. The highest BCUT2D eigenvalue weighted by atomic mass is 16.5. The van der Waals surface area contributed by atoms with Crippen LogP contribution in [0.1, 0.15) is 361 Å². The van der Waals surface area contributed by atoms with Crippen LogP contribution in [0, 0.1) is 0 Å². The molecule has 0 spiro atoms. The molecular weight excluding hydrogens is 839 g/mol. The number of carbonyl (C=O) groups is 2. The van der Waals surface area contributed by atoms with Crippen LogP contribution in [0.15, 0.2) is 0 Å². The lowest BCUT2D eigenvalue weighted by molar-refractivity contribution is -0.143. The van der Waals surface area contributed by atoms with E-state index < -0.39 is 12.1 Å². The van der Waals surface area contributed by atoms with Crippen LogP contribution in [0.2, 0.25) is 0 Å². The summed E-state index contributed by atoms with van der Waals surface area (Å²) in [7, 11) is 0. The molecule has 0 heterocycles. The molecule has 6 heteroatoms. The Morgan fingerprint density at radius 3 is 0.897 bits per heavy atom. The van der Waals surface area contributed by atoms with E-state index in [2.05, 4.69) is 19.2 Å². The van der Waals surface area contributed by atoms with Crippen molar-refractivity contribution in [1.29, 1.82) is 0 Å². The smallest absolute Gasteiger partial charge is 0.305 e. The summed E-state index contributed by atoms with van der Waals surface area (Å²) in [6.45, 7) is 4.97. The van der Waals surface area contributed by atoms with Gasteiger partial charge in [-0.05, 0) is 25.7 Å². The Hall–Kier alpha value is -1.14. The number of aliphatic hydroxyl groups excluding tert-OH is 2. The molecule has 68 heavy (non-hydrogen) atoms. The topological polar surface area (TPSA) is 95.9 Å². The van der Waals surface area contributed by atoms with E-state index in [4.69, 9.17) is 4.74 Å². The van der Waals surface area contributed by atoms with E-state index in [1.54, 1.807) is 0 Å². The molecule has 0 rings (SSSR count). The second kappa shape index (κ2) is 58.4. The molecule has 0 fully saturated rings. The highest BCUT2D eigenvalue weighted by molar-refractivity contribution is 5.76. The van der Waals surface area contributed by atoms with Gasteiger partial charge in [-0.1, -0.05) is 322 Å². The summed E-state index contributed by atoms with van der Waals surface area (Å²) >= 11 is 0. The summed E-state index contributed by atoms with van der Waals surface area (Å²) in [5, 5.41) is 23.3. The van der Waals surface area contributed by atoms with Gasteiger partial charge < -0.3 is 20.3 Å². The molecule has 0 aliphatic rings. The van der Waals surface area contributed by atoms with Gasteiger partial charge in [-0.3, -0.25) is 9.59 Å². The third-order valence-electron chi connectivity index (χ3n) is 14.9. The van der Waals surface area contributed by atoms with Crippen LogP contribution < -0.4 is 5.32 Å². The van der Waals surface area contributed by atoms with Crippen LogP contribution in [0.4, 0.5) is 0 Å². The molecule has 0 aromatic heterocycles. The Kier molecular flexibility index (Phi) is 57.5. The molecule has 406 valence electrons. The van der Waals surface area contributed by atoms with Gasteiger partial charge in [0.05, 0.1) is 25.4 Å². The summed E-state index contributed by atoms with van der Waals surface area (Å²) in [5.41, 5.74) is 0. The van der Waals surface area contributed by atoms with Gasteiger partial charge in [-0.15, -0.1) is 0 Å². The maximum atomic E-state index is 12.5. The van der Waals surface area contributed by atoms with E-state index in [0.717, 1.165) is 51.4 Å². The van der Waals surface area contributed by atoms with Gasteiger partial charge in [-0.25, -0.2) is 0 Å². The van der Waals surface area contributed by atoms with E-state index >= 15 is 0 Å². The predicted molar refractivity (Wildman–Crippen MR) is 297 cm³/mol. The lowest BCUT2D eigenvalue weighted by Gasteiger charge is -2.22. The molecule has 0 radical (unpaired) electrons. The second-order valence-corrected chi connectivity index (χ2v) is 21.8. The van der Waals surface area contributed by atoms with E-state index in [0.29, 0.717) is 25.9 Å². The van der Waals surface area contributed by atoms with Crippen molar-refractivity contribution < 1.29 is 24.5 Å². The van der Waals surface area contributed by atoms with Gasteiger partial charge in [0.15, 0.2) is 0 Å². The lowest BCUT2D eigenvalue weighted by atomic mass is 10.0. The monoisotopic (exact) mass is 962 g/mol. The molecule has 0 saturated carbocycles. The highest BCUT2D eigenvalue weighted by Crippen LogP contribution is 2.19. The SMILES string of the molecule is CCCCCCCCCCCCCCCCCCCCCC(=O)OCCCCCCCCCCCCCCCC(=O)NC(CO)C(O)CCCCCCCCCCCCCCCCCCCCC. The largest absolute Gasteiger partial charge is 0.466 e. The molecule has 1 amide bonds. The van der Waals surface area contributed by atoms with E-state index in [9.17, 15) is 19.8 Å². The van der Waals surface area contributed by atoms with E-state index in [-0.39, 0.29) is 18.5 Å². The highest BCUT2D eigenvalue weighted by Gasteiger charge is 2.20. The number of rotatable bonds is 59. The minimum atomic E-state index is -0.672. The molecule has 0 aromatic carbocycles. The zero-order valence-electron chi connectivity index (χ0n) is 46.4. The molecule has 0 aromatic rings. The minimum Gasteiger partial charge on any atom is -0.466 e. The molecular formula is C62H123NO5. The van der Waals surface area contributed by atoms with Gasteiger partial charge in [0, 0.05) is 12.8 Å². The number of hydrogen-bond acceptors (Lipinski definition) is 5. The van der Waals surface area contributed by atoms with Crippen LogP contribution in [-0.2, 0) is 14.3 Å². The molecule has 2 unspecified atom stereocenters. The normalized spacial score (nSPS) is 12.5. The van der Waals surface area contributed by atoms with Crippen molar-refractivity contribution in [3.63, 3.8) is 0 Å². The molecule has 0 bridgehead atoms. The number of ether oxygens (including phenoxy) is 1. The van der Waals surface area contributed by atoms with Crippen LogP contribution in [0.25, 0.3) is 0 Å². The van der Waals surface area contributed by atoms with E-state index in [1.165, 1.54) is 276 Å². The summed E-state index contributed by atoms with van der Waals surface area (Å²) in [6, 6.07) is -0.550. The first-order valence-corrected chi connectivity index (χ1v) is 31.3. The summed E-state index contributed by atoms with van der Waals surface area (Å²) < 4.78 is 5.49. The van der Waals surface area contributed by atoms with Crippen molar-refractivity contribution in [1.82, 2.24) is 5.32 Å². The van der Waals surface area contributed by atoms with Crippen molar-refractivity contribution in [2.45, 2.75) is 373 Å². The zero-order chi connectivity index (χ0) is 49.3. The van der Waals surface area contributed by atoms with Crippen molar-refractivity contribution in [2.24, 2.45) is 0 Å². The number of unbranched alkanes of at least 4 members (excludes halogenated alkanes) is 48. The minimum absolute atomic E-state index is 0.000875. The van der Waals surface area contributed by atoms with E-state index in [1.807, 2.05) is 0 Å². The average molecular weight is 963 g/mol. The number of aliphatic hydroxyl groups is 2. The maximum Gasteiger partial charge on any atom is 0.305 e. The first-order chi connectivity index (χ1) is 33.5. The van der Waals surface area contributed by atoms with Gasteiger partial charge in [-0.2, -0.15) is 0 Å². The fourth-order valence-electron chi connectivity index (χ4n) is 10.1. The summed E-state index contributed by atoms with van der Waals surface area (Å²) in [4.78, 5) is 24.6. The summed E-state index contributed by atoms with van der Waals surface area (Å²) in [6.07, 6.45) is 68.2. The van der Waals surface area contributed by atoms with Gasteiger partial charge in [0.25, 0.3) is 0 Å². The Morgan fingerprint density at radius 1 is 0.353 bits per heavy atom. The Labute approximate surface area is 426 Å². The molecule has 6 nitrogen and oxygen atoms in total. The maximum absolute atomic E-state index is 12.5. The number of hydrogen-bond donors (Lipinski definition) is 3. The second-order valence-electron chi connectivity index (χ2n) is 21.8. The van der Waals surface area contributed by atoms with Crippen LogP contribution >= 0.6 is 0 Å². The number of nitrogens with one attached hydrogen (secondary N) is 1. The fraction of sp³-hybridized carbons (Fsp3) is 0.968. The third-order valence-corrected chi connectivity index (χ3v) is 14.9. The Bertz CT molecular complexity index is 975. The Balaban J connectivity index is 3.41. The van der Waals surface area contributed by atoms with Crippen LogP contribution in [-0.4, -0.2) is 47.4 Å². The molecule has 3 N–H and O–H groups in total. The molecule has 2 atom stereocenters. The van der Waals surface area contributed by atoms with Gasteiger partial charge in [0.1, 0.15) is 0 Å². The predicted octanol–water partition coefficient (Wildman–Crippen LogP) is 19.5. The van der Waals surface area contributed by atoms with Gasteiger partial charge >= 0.3 is 5.97 Å². The Morgan fingerprint density at radius 2 is 0.603 bits per heavy atom. The third kappa shape index (κ3) is 54.2. The quantitative estimate of drug-likeness (QED) is 0.0417. The van der Waals surface area contributed by atoms with Crippen molar-refractivity contribution in [3.05, 3.63) is 0 Å². The molecule has 0 aliphatic carbocycles. The summed E-state index contributed by atoms with van der Waals surface area (Å²) in [5.74, 6) is -0.0422. The number of esters is 1. The number of amides is 1. The lowest BCUT2D eigenvalue weighted by Crippen LogP contribution is -2.45. The average Bonchev–Trinajstić information content (AvgIpc) is 3.34. The molecule has 0 saturated heterocycles. The zero-order valence-corrected chi connectivity index (χ0v) is 46.4. The van der Waals surface area contributed by atoms with Gasteiger partial charge in [0.2, 0.25) is 5.91 Å². The number of carbonyl (C=O) groups excluding carboxylic acids is 2. The van der Waals surface area contributed by atoms with Crippen LogP contribution in [0.3, 0.4) is 0 Å². The van der Waals surface area contributed by atoms with Crippen molar-refractivity contribution in [3.8, 4) is 0 Å². The standard InChI is InChI=1S/C62H123NO5/c1-3-5-7-9-11-13-15-17-19-21-23-25-27-30-34-38-42-46-50-54-60(65)59(58-64)63-61(66)55-51-47-43-39-35-31-29-33-37-41-45-49-53-57-68-62(67)56-52-48-44-40-36-32-28-26-24-22-20-18-16-14-12-10-8-6-4-2/h59-60,64-65H,3-58H2,1-2H3,(H,63,66). The first kappa shape index (κ1) is 66.9. The van der Waals surface area contributed by atoms with Crippen molar-refractivity contribution >= 4 is 11.9 Å². The van der Waals surface area contributed by atoms with Crippen LogP contribution in [0.5, 0.6) is 0 Å².